The van der Waals surface area contributed by atoms with Crippen molar-refractivity contribution < 1.29 is 23.2 Å². The maximum Gasteiger partial charge on any atom is 0.391 e. The van der Waals surface area contributed by atoms with Crippen LogP contribution in [0.5, 0.6) is 0 Å². The first-order chi connectivity index (χ1) is 12.3. The standard InChI is InChI=1S/C17H21FN3O4P/c1-3-10(4-2)9-21-12-6-5-11(18)15(19)16(12)20-17(21)13-7-8-14(25-13)26(22,23)24/h5-8,10H,3-4,9,19H2,1-2H3,(H2,22,23,24). The molecule has 0 unspecified atom stereocenters. The SMILES string of the molecule is CCC(CC)Cn1c(-c2ccc(P(=O)(O)O)o2)nc2c(N)c(F)ccc21. The molecule has 0 radical (unpaired) electrons. The van der Waals surface area contributed by atoms with E-state index in [1.807, 2.05) is 4.57 Å². The number of furan rings is 1. The lowest BCUT2D eigenvalue weighted by Gasteiger charge is -2.15. The zero-order chi connectivity index (χ0) is 19.1. The lowest BCUT2D eigenvalue weighted by Crippen LogP contribution is -2.10. The molecule has 26 heavy (non-hydrogen) atoms. The van der Waals surface area contributed by atoms with Gasteiger partial charge < -0.3 is 24.5 Å². The van der Waals surface area contributed by atoms with Gasteiger partial charge in [-0.2, -0.15) is 0 Å². The molecule has 1 aromatic carbocycles. The Morgan fingerprint density at radius 1 is 1.27 bits per heavy atom. The highest BCUT2D eigenvalue weighted by Gasteiger charge is 2.25. The number of hydrogen-bond donors (Lipinski definition) is 3. The van der Waals surface area contributed by atoms with Crippen molar-refractivity contribution in [1.29, 1.82) is 0 Å². The first-order valence-electron chi connectivity index (χ1n) is 8.36. The predicted octanol–water partition coefficient (Wildman–Crippen LogP) is 3.26. The number of halogens is 1. The van der Waals surface area contributed by atoms with Crippen LogP contribution in [0.25, 0.3) is 22.6 Å². The second kappa shape index (κ2) is 6.87. The van der Waals surface area contributed by atoms with Crippen molar-refractivity contribution in [3.05, 3.63) is 30.1 Å². The van der Waals surface area contributed by atoms with Gasteiger partial charge in [0, 0.05) is 6.54 Å². The van der Waals surface area contributed by atoms with Crippen LogP contribution in [0.3, 0.4) is 0 Å². The van der Waals surface area contributed by atoms with Crippen LogP contribution in [0.1, 0.15) is 26.7 Å². The molecule has 0 aliphatic carbocycles. The Bertz CT molecular complexity index is 987. The molecule has 7 nitrogen and oxygen atoms in total. The van der Waals surface area contributed by atoms with E-state index in [1.165, 1.54) is 18.2 Å². The fraction of sp³-hybridized carbons (Fsp3) is 0.353. The topological polar surface area (TPSA) is 115 Å². The van der Waals surface area contributed by atoms with Crippen LogP contribution >= 0.6 is 7.60 Å². The normalized spacial score (nSPS) is 12.4. The number of anilines is 1. The predicted molar refractivity (Wildman–Crippen MR) is 97.6 cm³/mol. The van der Waals surface area contributed by atoms with Gasteiger partial charge in [-0.05, 0) is 30.2 Å². The van der Waals surface area contributed by atoms with Gasteiger partial charge in [-0.15, -0.1) is 0 Å². The Labute approximate surface area is 149 Å². The summed E-state index contributed by atoms with van der Waals surface area (Å²) in [6, 6.07) is 5.56. The van der Waals surface area contributed by atoms with Crippen molar-refractivity contribution in [1.82, 2.24) is 9.55 Å². The molecule has 0 atom stereocenters. The van der Waals surface area contributed by atoms with E-state index in [0.29, 0.717) is 29.3 Å². The number of benzene rings is 1. The van der Waals surface area contributed by atoms with Crippen LogP contribution in [-0.4, -0.2) is 19.3 Å². The van der Waals surface area contributed by atoms with E-state index in [4.69, 9.17) is 10.2 Å². The molecule has 0 aliphatic heterocycles. The fourth-order valence-corrected chi connectivity index (χ4v) is 3.46. The van der Waals surface area contributed by atoms with Crippen LogP contribution in [0, 0.1) is 11.7 Å². The third-order valence-corrected chi connectivity index (χ3v) is 5.42. The monoisotopic (exact) mass is 381 g/mol. The van der Waals surface area contributed by atoms with Gasteiger partial charge >= 0.3 is 7.60 Å². The summed E-state index contributed by atoms with van der Waals surface area (Å²) in [5, 5.41) is 0. The Kier molecular flexibility index (Phi) is 4.92. The van der Waals surface area contributed by atoms with E-state index >= 15 is 0 Å². The molecule has 4 N–H and O–H groups in total. The Hall–Kier alpha value is -2.15. The average Bonchev–Trinajstić information content (AvgIpc) is 3.21. The number of nitrogen functional groups attached to an aromatic ring is 1. The molecule has 140 valence electrons. The van der Waals surface area contributed by atoms with Crippen molar-refractivity contribution in [3.63, 3.8) is 0 Å². The number of rotatable bonds is 6. The highest BCUT2D eigenvalue weighted by Crippen LogP contribution is 2.37. The largest absolute Gasteiger partial charge is 0.445 e. The summed E-state index contributed by atoms with van der Waals surface area (Å²) >= 11 is 0. The van der Waals surface area contributed by atoms with Gasteiger partial charge in [-0.3, -0.25) is 4.57 Å². The fourth-order valence-electron chi connectivity index (χ4n) is 2.97. The molecular weight excluding hydrogens is 360 g/mol. The van der Waals surface area contributed by atoms with Crippen molar-refractivity contribution in [3.8, 4) is 11.6 Å². The number of fused-ring (bicyclic) bond motifs is 1. The lowest BCUT2D eigenvalue weighted by atomic mass is 10.0. The van der Waals surface area contributed by atoms with Crippen molar-refractivity contribution in [2.45, 2.75) is 33.2 Å². The number of nitrogens with zero attached hydrogens (tertiary/aromatic N) is 2. The minimum atomic E-state index is -4.51. The van der Waals surface area contributed by atoms with E-state index < -0.39 is 18.9 Å². The Morgan fingerprint density at radius 2 is 1.96 bits per heavy atom. The van der Waals surface area contributed by atoms with Gasteiger partial charge in [-0.25, -0.2) is 9.37 Å². The van der Waals surface area contributed by atoms with Crippen LogP contribution < -0.4 is 11.2 Å². The van der Waals surface area contributed by atoms with Gasteiger partial charge in [-0.1, -0.05) is 26.7 Å². The van der Waals surface area contributed by atoms with Crippen molar-refractivity contribution in [2.75, 3.05) is 5.73 Å². The zero-order valence-corrected chi connectivity index (χ0v) is 15.4. The van der Waals surface area contributed by atoms with Gasteiger partial charge in [0.05, 0.1) is 11.2 Å². The van der Waals surface area contributed by atoms with Crippen LogP contribution in [0.15, 0.2) is 28.7 Å². The molecule has 0 saturated heterocycles. The van der Waals surface area contributed by atoms with Gasteiger partial charge in [0.1, 0.15) is 11.3 Å². The molecule has 9 heteroatoms. The first-order valence-corrected chi connectivity index (χ1v) is 9.98. The third-order valence-electron chi connectivity index (χ3n) is 4.60. The highest BCUT2D eigenvalue weighted by molar-refractivity contribution is 7.59. The van der Waals surface area contributed by atoms with Crippen LogP contribution in [0.2, 0.25) is 0 Å². The first kappa shape index (κ1) is 18.6. The number of imidazole rings is 1. The molecule has 0 fully saturated rings. The van der Waals surface area contributed by atoms with E-state index in [9.17, 15) is 18.7 Å². The van der Waals surface area contributed by atoms with Gasteiger partial charge in [0.2, 0.25) is 5.50 Å². The molecular formula is C17H21FN3O4P. The molecule has 0 aliphatic rings. The minimum Gasteiger partial charge on any atom is -0.445 e. The average molecular weight is 381 g/mol. The Balaban J connectivity index is 2.21. The van der Waals surface area contributed by atoms with Crippen molar-refractivity contribution in [2.24, 2.45) is 5.92 Å². The van der Waals surface area contributed by atoms with E-state index in [2.05, 4.69) is 18.8 Å². The molecule has 3 rings (SSSR count). The quantitative estimate of drug-likeness (QED) is 0.446. The van der Waals surface area contributed by atoms with Crippen molar-refractivity contribution >= 4 is 29.8 Å². The molecule has 3 aromatic rings. The second-order valence-electron chi connectivity index (χ2n) is 6.24. The number of hydrogen-bond acceptors (Lipinski definition) is 4. The molecule has 0 saturated carbocycles. The summed E-state index contributed by atoms with van der Waals surface area (Å²) in [7, 11) is -4.51. The smallest absolute Gasteiger partial charge is 0.391 e. The maximum absolute atomic E-state index is 13.8. The number of aromatic nitrogens is 2. The summed E-state index contributed by atoms with van der Waals surface area (Å²) in [4.78, 5) is 23.0. The maximum atomic E-state index is 13.8. The van der Waals surface area contributed by atoms with Gasteiger partial charge in [0.25, 0.3) is 0 Å². The van der Waals surface area contributed by atoms with Gasteiger partial charge in [0.15, 0.2) is 11.6 Å². The highest BCUT2D eigenvalue weighted by atomic mass is 31.2. The summed E-state index contributed by atoms with van der Waals surface area (Å²) in [5.74, 6) is 0.356. The van der Waals surface area contributed by atoms with E-state index in [-0.39, 0.29) is 11.4 Å². The molecule has 0 spiro atoms. The van der Waals surface area contributed by atoms with Crippen LogP contribution in [0.4, 0.5) is 10.1 Å². The zero-order valence-electron chi connectivity index (χ0n) is 14.5. The summed E-state index contributed by atoms with van der Waals surface area (Å²) in [6.45, 7) is 4.77. The number of nitrogens with two attached hydrogens (primary N) is 1. The minimum absolute atomic E-state index is 0.0613. The molecule has 0 bridgehead atoms. The summed E-state index contributed by atoms with van der Waals surface area (Å²) in [5.41, 5.74) is 6.30. The van der Waals surface area contributed by atoms with Crippen LogP contribution in [-0.2, 0) is 11.1 Å². The molecule has 0 amide bonds. The lowest BCUT2D eigenvalue weighted by molar-refractivity contribution is 0.377. The second-order valence-corrected chi connectivity index (χ2v) is 7.77. The summed E-state index contributed by atoms with van der Waals surface area (Å²) in [6.07, 6.45) is 1.89. The Morgan fingerprint density at radius 3 is 2.54 bits per heavy atom. The summed E-state index contributed by atoms with van der Waals surface area (Å²) < 4.78 is 32.5. The molecule has 2 heterocycles. The molecule has 2 aromatic heterocycles. The third kappa shape index (κ3) is 3.28. The van der Waals surface area contributed by atoms with E-state index in [1.54, 1.807) is 6.07 Å². The van der Waals surface area contributed by atoms with E-state index in [0.717, 1.165) is 12.8 Å².